The van der Waals surface area contributed by atoms with E-state index in [2.05, 4.69) is 43.3 Å². The van der Waals surface area contributed by atoms with E-state index in [9.17, 15) is 0 Å². The van der Waals surface area contributed by atoms with Crippen LogP contribution in [-0.4, -0.2) is 26.3 Å². The summed E-state index contributed by atoms with van der Waals surface area (Å²) in [6, 6.07) is 8.51. The second-order valence-electron chi connectivity index (χ2n) is 6.30. The van der Waals surface area contributed by atoms with Crippen LogP contribution in [0, 0.1) is 0 Å². The molecular weight excluding hydrogens is 250 g/mol. The van der Waals surface area contributed by atoms with Gasteiger partial charge in [-0.3, -0.25) is 0 Å². The SMILES string of the molecule is CN(C)c1ccc([C@@H]2OCCC3(CCCCC3)O2)cc1. The molecule has 1 saturated carbocycles. The van der Waals surface area contributed by atoms with Gasteiger partial charge in [0.05, 0.1) is 12.2 Å². The van der Waals surface area contributed by atoms with Crippen LogP contribution in [0.15, 0.2) is 24.3 Å². The van der Waals surface area contributed by atoms with Gasteiger partial charge in [0.15, 0.2) is 6.29 Å². The molecule has 3 nitrogen and oxygen atoms in total. The molecule has 110 valence electrons. The average Bonchev–Trinajstić information content (AvgIpc) is 2.48. The van der Waals surface area contributed by atoms with Crippen molar-refractivity contribution in [1.82, 2.24) is 0 Å². The summed E-state index contributed by atoms with van der Waals surface area (Å²) in [5.74, 6) is 0. The number of rotatable bonds is 2. The third-order valence-corrected chi connectivity index (χ3v) is 4.63. The summed E-state index contributed by atoms with van der Waals surface area (Å²) in [4.78, 5) is 2.11. The number of benzene rings is 1. The summed E-state index contributed by atoms with van der Waals surface area (Å²) in [7, 11) is 4.11. The van der Waals surface area contributed by atoms with Gasteiger partial charge in [0.1, 0.15) is 0 Å². The third kappa shape index (κ3) is 2.84. The molecule has 1 spiro atoms. The summed E-state index contributed by atoms with van der Waals surface area (Å²) in [5, 5.41) is 0. The normalized spacial score (nSPS) is 25.6. The first-order chi connectivity index (χ1) is 9.69. The summed E-state index contributed by atoms with van der Waals surface area (Å²) in [6.45, 7) is 0.820. The van der Waals surface area contributed by atoms with Crippen molar-refractivity contribution in [3.05, 3.63) is 29.8 Å². The smallest absolute Gasteiger partial charge is 0.184 e. The van der Waals surface area contributed by atoms with Crippen molar-refractivity contribution in [3.8, 4) is 0 Å². The fraction of sp³-hybridized carbons (Fsp3) is 0.647. The van der Waals surface area contributed by atoms with Crippen molar-refractivity contribution in [1.29, 1.82) is 0 Å². The zero-order valence-electron chi connectivity index (χ0n) is 12.6. The molecule has 1 aliphatic heterocycles. The minimum Gasteiger partial charge on any atom is -0.378 e. The molecule has 1 atom stereocenters. The van der Waals surface area contributed by atoms with Crippen molar-refractivity contribution in [2.75, 3.05) is 25.6 Å². The second kappa shape index (κ2) is 5.74. The monoisotopic (exact) mass is 275 g/mol. The predicted molar refractivity (Wildman–Crippen MR) is 81.0 cm³/mol. The van der Waals surface area contributed by atoms with E-state index in [1.54, 1.807) is 0 Å². The van der Waals surface area contributed by atoms with Gasteiger partial charge >= 0.3 is 0 Å². The molecule has 0 aromatic heterocycles. The van der Waals surface area contributed by atoms with Crippen molar-refractivity contribution in [3.63, 3.8) is 0 Å². The Kier molecular flexibility index (Phi) is 3.99. The summed E-state index contributed by atoms with van der Waals surface area (Å²) >= 11 is 0. The van der Waals surface area contributed by atoms with Crippen LogP contribution in [0.1, 0.15) is 50.4 Å². The Morgan fingerprint density at radius 1 is 1.00 bits per heavy atom. The number of ether oxygens (including phenoxy) is 2. The quantitative estimate of drug-likeness (QED) is 0.817. The highest BCUT2D eigenvalue weighted by molar-refractivity contribution is 5.46. The molecule has 0 N–H and O–H groups in total. The van der Waals surface area contributed by atoms with E-state index >= 15 is 0 Å². The lowest BCUT2D eigenvalue weighted by Crippen LogP contribution is -2.42. The van der Waals surface area contributed by atoms with Gasteiger partial charge in [-0.2, -0.15) is 0 Å². The van der Waals surface area contributed by atoms with Crippen LogP contribution in [0.2, 0.25) is 0 Å². The lowest BCUT2D eigenvalue weighted by Gasteiger charge is -2.43. The number of hydrogen-bond donors (Lipinski definition) is 0. The van der Waals surface area contributed by atoms with E-state index in [0.29, 0.717) is 0 Å². The lowest BCUT2D eigenvalue weighted by atomic mass is 9.82. The van der Waals surface area contributed by atoms with E-state index in [4.69, 9.17) is 9.47 Å². The van der Waals surface area contributed by atoms with Crippen LogP contribution in [-0.2, 0) is 9.47 Å². The van der Waals surface area contributed by atoms with Crippen molar-refractivity contribution >= 4 is 5.69 Å². The van der Waals surface area contributed by atoms with E-state index in [0.717, 1.165) is 18.6 Å². The Hall–Kier alpha value is -1.06. The molecular formula is C17H25NO2. The van der Waals surface area contributed by atoms with Crippen LogP contribution in [0.5, 0.6) is 0 Å². The summed E-state index contributed by atoms with van der Waals surface area (Å²) in [6.07, 6.45) is 7.22. The minimum absolute atomic E-state index is 0.0847. The van der Waals surface area contributed by atoms with Gasteiger partial charge in [-0.1, -0.05) is 31.4 Å². The maximum atomic E-state index is 6.37. The highest BCUT2D eigenvalue weighted by Gasteiger charge is 2.39. The molecule has 0 bridgehead atoms. The first-order valence-electron chi connectivity index (χ1n) is 7.75. The highest BCUT2D eigenvalue weighted by atomic mass is 16.7. The van der Waals surface area contributed by atoms with Crippen LogP contribution >= 0.6 is 0 Å². The predicted octanol–water partition coefficient (Wildman–Crippen LogP) is 3.89. The van der Waals surface area contributed by atoms with E-state index in [1.807, 2.05) is 0 Å². The Balaban J connectivity index is 1.73. The van der Waals surface area contributed by atoms with Crippen molar-refractivity contribution < 1.29 is 9.47 Å². The fourth-order valence-electron chi connectivity index (χ4n) is 3.33. The van der Waals surface area contributed by atoms with Crippen LogP contribution < -0.4 is 4.90 Å². The van der Waals surface area contributed by atoms with Gasteiger partial charge in [-0.25, -0.2) is 0 Å². The zero-order valence-corrected chi connectivity index (χ0v) is 12.6. The Labute approximate surface area is 121 Å². The van der Waals surface area contributed by atoms with Crippen LogP contribution in [0.4, 0.5) is 5.69 Å². The molecule has 1 aromatic carbocycles. The minimum atomic E-state index is -0.182. The fourth-order valence-corrected chi connectivity index (χ4v) is 3.33. The molecule has 3 heteroatoms. The van der Waals surface area contributed by atoms with Crippen LogP contribution in [0.25, 0.3) is 0 Å². The lowest BCUT2D eigenvalue weighted by molar-refractivity contribution is -0.269. The second-order valence-corrected chi connectivity index (χ2v) is 6.30. The first kappa shape index (κ1) is 13.9. The van der Waals surface area contributed by atoms with Crippen molar-refractivity contribution in [2.24, 2.45) is 0 Å². The molecule has 2 aliphatic rings. The van der Waals surface area contributed by atoms with Gasteiger partial charge in [0.2, 0.25) is 0 Å². The molecule has 0 radical (unpaired) electrons. The van der Waals surface area contributed by atoms with Gasteiger partial charge in [0, 0.05) is 31.8 Å². The Bertz CT molecular complexity index is 429. The van der Waals surface area contributed by atoms with Crippen LogP contribution in [0.3, 0.4) is 0 Å². The topological polar surface area (TPSA) is 21.7 Å². The van der Waals surface area contributed by atoms with Gasteiger partial charge in [-0.15, -0.1) is 0 Å². The maximum absolute atomic E-state index is 6.37. The number of anilines is 1. The highest BCUT2D eigenvalue weighted by Crippen LogP contribution is 2.42. The molecule has 1 aromatic rings. The largest absolute Gasteiger partial charge is 0.378 e. The molecule has 20 heavy (non-hydrogen) atoms. The maximum Gasteiger partial charge on any atom is 0.184 e. The molecule has 3 rings (SSSR count). The van der Waals surface area contributed by atoms with Gasteiger partial charge in [0.25, 0.3) is 0 Å². The zero-order chi connectivity index (χ0) is 14.0. The number of hydrogen-bond acceptors (Lipinski definition) is 3. The van der Waals surface area contributed by atoms with E-state index in [1.165, 1.54) is 37.8 Å². The molecule has 0 amide bonds. The standard InChI is InChI=1S/C17H25NO2/c1-18(2)15-8-6-14(7-9-15)16-19-13-12-17(20-16)10-4-3-5-11-17/h6-9,16H,3-5,10-13H2,1-2H3/t16-/m1/s1. The van der Waals surface area contributed by atoms with Gasteiger partial charge in [-0.05, 0) is 25.0 Å². The van der Waals surface area contributed by atoms with Crippen molar-refractivity contribution in [2.45, 2.75) is 50.4 Å². The van der Waals surface area contributed by atoms with E-state index < -0.39 is 0 Å². The molecule has 1 saturated heterocycles. The third-order valence-electron chi connectivity index (χ3n) is 4.63. The Morgan fingerprint density at radius 2 is 1.70 bits per heavy atom. The first-order valence-corrected chi connectivity index (χ1v) is 7.75. The number of nitrogens with zero attached hydrogens (tertiary/aromatic N) is 1. The summed E-state index contributed by atoms with van der Waals surface area (Å²) in [5.41, 5.74) is 2.43. The molecule has 0 unspecified atom stereocenters. The molecule has 2 fully saturated rings. The molecule has 1 heterocycles. The van der Waals surface area contributed by atoms with E-state index in [-0.39, 0.29) is 11.9 Å². The van der Waals surface area contributed by atoms with Gasteiger partial charge < -0.3 is 14.4 Å². The molecule has 1 aliphatic carbocycles. The Morgan fingerprint density at radius 3 is 2.35 bits per heavy atom. The summed E-state index contributed by atoms with van der Waals surface area (Å²) < 4.78 is 12.2. The average molecular weight is 275 g/mol.